The molecule has 9 nitrogen and oxygen atoms in total. The predicted molar refractivity (Wildman–Crippen MR) is 69.8 cm³/mol. The highest BCUT2D eigenvalue weighted by atomic mass is 16.6. The SMILES string of the molecule is COC(=O)c1cnc(N2CC(CO)CC2=O)c([N+](=O)[O-])c1. The van der Waals surface area contributed by atoms with Crippen LogP contribution in [0.3, 0.4) is 0 Å². The Labute approximate surface area is 119 Å². The normalized spacial score (nSPS) is 17.9. The van der Waals surface area contributed by atoms with Crippen molar-refractivity contribution in [2.45, 2.75) is 6.42 Å². The van der Waals surface area contributed by atoms with E-state index in [0.717, 1.165) is 24.3 Å². The smallest absolute Gasteiger partial charge is 0.339 e. The molecule has 0 aliphatic carbocycles. The molecule has 2 heterocycles. The van der Waals surface area contributed by atoms with Crippen LogP contribution in [0.15, 0.2) is 12.3 Å². The van der Waals surface area contributed by atoms with Gasteiger partial charge in [0.15, 0.2) is 0 Å². The van der Waals surface area contributed by atoms with Crippen molar-refractivity contribution in [2.24, 2.45) is 5.92 Å². The molecule has 0 aromatic carbocycles. The number of aliphatic hydroxyl groups excluding tert-OH is 1. The summed E-state index contributed by atoms with van der Waals surface area (Å²) in [6.07, 6.45) is 1.22. The monoisotopic (exact) mass is 295 g/mol. The van der Waals surface area contributed by atoms with E-state index >= 15 is 0 Å². The van der Waals surface area contributed by atoms with Crippen molar-refractivity contribution < 1.29 is 24.4 Å². The van der Waals surface area contributed by atoms with E-state index in [1.54, 1.807) is 0 Å². The molecule has 0 spiro atoms. The predicted octanol–water partition coefficient (Wildman–Crippen LogP) is 0.122. The van der Waals surface area contributed by atoms with Gasteiger partial charge in [0.2, 0.25) is 11.7 Å². The van der Waals surface area contributed by atoms with Crippen LogP contribution in [0.2, 0.25) is 0 Å². The second kappa shape index (κ2) is 5.83. The summed E-state index contributed by atoms with van der Waals surface area (Å²) in [6, 6.07) is 1.02. The molecular formula is C12H13N3O6. The Morgan fingerprint density at radius 3 is 2.90 bits per heavy atom. The summed E-state index contributed by atoms with van der Waals surface area (Å²) in [7, 11) is 1.15. The van der Waals surface area contributed by atoms with Crippen molar-refractivity contribution in [2.75, 3.05) is 25.2 Å². The molecule has 1 saturated heterocycles. The Balaban J connectivity index is 2.42. The number of carbonyl (C=O) groups is 2. The molecular weight excluding hydrogens is 282 g/mol. The first-order chi connectivity index (χ1) is 9.97. The van der Waals surface area contributed by atoms with Gasteiger partial charge in [0.05, 0.1) is 17.6 Å². The average molecular weight is 295 g/mol. The maximum Gasteiger partial charge on any atom is 0.339 e. The lowest BCUT2D eigenvalue weighted by Crippen LogP contribution is -2.27. The van der Waals surface area contributed by atoms with E-state index in [0.29, 0.717) is 0 Å². The number of amides is 1. The average Bonchev–Trinajstić information content (AvgIpc) is 2.86. The van der Waals surface area contributed by atoms with Gasteiger partial charge < -0.3 is 9.84 Å². The molecule has 21 heavy (non-hydrogen) atoms. The molecule has 9 heteroatoms. The molecule has 2 rings (SSSR count). The van der Waals surface area contributed by atoms with Crippen molar-refractivity contribution in [3.63, 3.8) is 0 Å². The third kappa shape index (κ3) is 2.82. The van der Waals surface area contributed by atoms with Crippen molar-refractivity contribution in [1.82, 2.24) is 4.98 Å². The number of carbonyl (C=O) groups excluding carboxylic acids is 2. The third-order valence-corrected chi connectivity index (χ3v) is 3.18. The van der Waals surface area contributed by atoms with E-state index in [-0.39, 0.29) is 42.8 Å². The maximum absolute atomic E-state index is 11.9. The third-order valence-electron chi connectivity index (χ3n) is 3.18. The first-order valence-electron chi connectivity index (χ1n) is 6.12. The summed E-state index contributed by atoms with van der Waals surface area (Å²) in [4.78, 5) is 38.7. The van der Waals surface area contributed by atoms with Crippen molar-refractivity contribution in [3.05, 3.63) is 27.9 Å². The van der Waals surface area contributed by atoms with Crippen LogP contribution in [0.1, 0.15) is 16.8 Å². The van der Waals surface area contributed by atoms with E-state index < -0.39 is 16.6 Å². The van der Waals surface area contributed by atoms with E-state index in [9.17, 15) is 19.7 Å². The number of anilines is 1. The zero-order valence-electron chi connectivity index (χ0n) is 11.2. The van der Waals surface area contributed by atoms with E-state index in [1.807, 2.05) is 0 Å². The van der Waals surface area contributed by atoms with E-state index in [2.05, 4.69) is 9.72 Å². The number of hydrogen-bond donors (Lipinski definition) is 1. The van der Waals surface area contributed by atoms with Gasteiger partial charge in [0.25, 0.3) is 0 Å². The fourth-order valence-electron chi connectivity index (χ4n) is 2.13. The Hall–Kier alpha value is -2.55. The van der Waals surface area contributed by atoms with Gasteiger partial charge in [-0.25, -0.2) is 9.78 Å². The highest BCUT2D eigenvalue weighted by Crippen LogP contribution is 2.31. The Bertz CT molecular complexity index is 603. The van der Waals surface area contributed by atoms with Crippen LogP contribution < -0.4 is 4.90 Å². The van der Waals surface area contributed by atoms with Crippen molar-refractivity contribution in [1.29, 1.82) is 0 Å². The summed E-state index contributed by atoms with van der Waals surface area (Å²) >= 11 is 0. The standard InChI is InChI=1S/C12H13N3O6/c1-21-12(18)8-3-9(15(19)20)11(13-4-8)14-5-7(6-16)2-10(14)17/h3-4,7,16H,2,5-6H2,1H3. The number of pyridine rings is 1. The quantitative estimate of drug-likeness (QED) is 0.475. The van der Waals surface area contributed by atoms with Crippen LogP contribution in [0.25, 0.3) is 0 Å². The highest BCUT2D eigenvalue weighted by Gasteiger charge is 2.35. The Morgan fingerprint density at radius 2 is 2.38 bits per heavy atom. The number of esters is 1. The molecule has 1 aliphatic heterocycles. The number of ether oxygens (including phenoxy) is 1. The van der Waals surface area contributed by atoms with Gasteiger partial charge in [-0.1, -0.05) is 0 Å². The summed E-state index contributed by atoms with van der Waals surface area (Å²) in [5.41, 5.74) is -0.525. The molecule has 1 unspecified atom stereocenters. The van der Waals surface area contributed by atoms with E-state index in [1.165, 1.54) is 0 Å². The van der Waals surface area contributed by atoms with Gasteiger partial charge in [-0.15, -0.1) is 0 Å². The fraction of sp³-hybridized carbons (Fsp3) is 0.417. The van der Waals surface area contributed by atoms with Crippen LogP contribution in [0.5, 0.6) is 0 Å². The number of aliphatic hydroxyl groups is 1. The molecule has 1 aromatic rings. The number of hydrogen-bond acceptors (Lipinski definition) is 7. The van der Waals surface area contributed by atoms with Crippen LogP contribution in [0.4, 0.5) is 11.5 Å². The van der Waals surface area contributed by atoms with Crippen LogP contribution in [-0.2, 0) is 9.53 Å². The minimum atomic E-state index is -0.752. The van der Waals surface area contributed by atoms with E-state index in [4.69, 9.17) is 5.11 Å². The molecule has 1 aliphatic rings. The Kier molecular flexibility index (Phi) is 4.13. The van der Waals surface area contributed by atoms with Gasteiger partial charge in [0.1, 0.15) is 0 Å². The van der Waals surface area contributed by atoms with Crippen molar-refractivity contribution in [3.8, 4) is 0 Å². The Morgan fingerprint density at radius 1 is 1.67 bits per heavy atom. The molecule has 0 bridgehead atoms. The molecule has 1 N–H and O–H groups in total. The highest BCUT2D eigenvalue weighted by molar-refractivity contribution is 5.98. The van der Waals surface area contributed by atoms with Gasteiger partial charge in [-0.05, 0) is 0 Å². The van der Waals surface area contributed by atoms with Crippen LogP contribution >= 0.6 is 0 Å². The summed E-state index contributed by atoms with van der Waals surface area (Å²) < 4.78 is 4.48. The number of methoxy groups -OCH3 is 1. The first-order valence-corrected chi connectivity index (χ1v) is 6.12. The molecule has 0 saturated carbocycles. The minimum Gasteiger partial charge on any atom is -0.465 e. The van der Waals surface area contributed by atoms with Gasteiger partial charge in [0, 0.05) is 37.8 Å². The zero-order chi connectivity index (χ0) is 15.6. The van der Waals surface area contributed by atoms with Crippen molar-refractivity contribution >= 4 is 23.4 Å². The fourth-order valence-corrected chi connectivity index (χ4v) is 2.13. The zero-order valence-corrected chi connectivity index (χ0v) is 11.2. The number of aromatic nitrogens is 1. The van der Waals surface area contributed by atoms with Crippen LogP contribution in [0, 0.1) is 16.0 Å². The second-order valence-corrected chi connectivity index (χ2v) is 4.57. The lowest BCUT2D eigenvalue weighted by Gasteiger charge is -2.15. The number of nitrogens with zero attached hydrogens (tertiary/aromatic N) is 3. The van der Waals surface area contributed by atoms with Gasteiger partial charge in [-0.3, -0.25) is 19.8 Å². The lowest BCUT2D eigenvalue weighted by atomic mass is 10.1. The molecule has 1 aromatic heterocycles. The van der Waals surface area contributed by atoms with Gasteiger partial charge >= 0.3 is 11.7 Å². The lowest BCUT2D eigenvalue weighted by molar-refractivity contribution is -0.384. The second-order valence-electron chi connectivity index (χ2n) is 4.57. The maximum atomic E-state index is 11.9. The summed E-state index contributed by atoms with van der Waals surface area (Å²) in [5, 5.41) is 20.2. The number of nitro groups is 1. The topological polar surface area (TPSA) is 123 Å². The first kappa shape index (κ1) is 14.9. The minimum absolute atomic E-state index is 0.0710. The molecule has 112 valence electrons. The molecule has 1 amide bonds. The molecule has 0 radical (unpaired) electrons. The summed E-state index contributed by atoms with van der Waals surface area (Å²) in [6.45, 7) is -0.0307. The summed E-state index contributed by atoms with van der Waals surface area (Å²) in [5.74, 6) is -1.51. The molecule has 1 atom stereocenters. The largest absolute Gasteiger partial charge is 0.465 e. The number of rotatable bonds is 4. The van der Waals surface area contributed by atoms with Gasteiger partial charge in [-0.2, -0.15) is 0 Å². The molecule has 1 fully saturated rings. The van der Waals surface area contributed by atoms with Crippen LogP contribution in [-0.4, -0.2) is 47.2 Å².